The van der Waals surface area contributed by atoms with Crippen LogP contribution in [0.3, 0.4) is 0 Å². The molecule has 1 aliphatic rings. The molecule has 1 aromatic heterocycles. The van der Waals surface area contributed by atoms with Crippen molar-refractivity contribution in [1.82, 2.24) is 9.78 Å². The summed E-state index contributed by atoms with van der Waals surface area (Å²) in [5.74, 6) is 1.37. The quantitative estimate of drug-likeness (QED) is 0.758. The van der Waals surface area contributed by atoms with Crippen LogP contribution in [0.15, 0.2) is 6.07 Å². The van der Waals surface area contributed by atoms with Gasteiger partial charge in [-0.05, 0) is 19.8 Å². The molecule has 0 radical (unpaired) electrons. The standard InChI is InChI=1S/C12H21N3/c1-2-15-11(9-12(13)14-15)10-7-5-3-4-6-8-10/h9-10H,2-8H2,1H3,(H2,13,14). The van der Waals surface area contributed by atoms with E-state index in [1.54, 1.807) is 0 Å². The number of hydrogen-bond acceptors (Lipinski definition) is 2. The van der Waals surface area contributed by atoms with E-state index in [0.717, 1.165) is 6.54 Å². The van der Waals surface area contributed by atoms with Gasteiger partial charge >= 0.3 is 0 Å². The van der Waals surface area contributed by atoms with E-state index in [1.807, 2.05) is 0 Å². The number of anilines is 1. The van der Waals surface area contributed by atoms with Gasteiger partial charge in [-0.1, -0.05) is 25.7 Å². The highest BCUT2D eigenvalue weighted by Crippen LogP contribution is 2.32. The Labute approximate surface area is 91.7 Å². The molecule has 0 unspecified atom stereocenters. The summed E-state index contributed by atoms with van der Waals surface area (Å²) in [5.41, 5.74) is 7.13. The molecule has 0 amide bonds. The summed E-state index contributed by atoms with van der Waals surface area (Å²) in [6.07, 6.45) is 8.13. The van der Waals surface area contributed by atoms with E-state index in [2.05, 4.69) is 22.8 Å². The molecule has 1 heterocycles. The molecule has 0 bridgehead atoms. The monoisotopic (exact) mass is 207 g/mol. The number of rotatable bonds is 2. The largest absolute Gasteiger partial charge is 0.382 e. The lowest BCUT2D eigenvalue weighted by molar-refractivity contribution is 0.518. The van der Waals surface area contributed by atoms with E-state index in [1.165, 1.54) is 44.2 Å². The molecular weight excluding hydrogens is 186 g/mol. The van der Waals surface area contributed by atoms with Crippen molar-refractivity contribution in [3.8, 4) is 0 Å². The van der Waals surface area contributed by atoms with Gasteiger partial charge in [0.15, 0.2) is 0 Å². The van der Waals surface area contributed by atoms with Crippen molar-refractivity contribution in [2.45, 2.75) is 57.9 Å². The number of hydrogen-bond donors (Lipinski definition) is 1. The SMILES string of the molecule is CCn1nc(N)cc1C1CCCCCC1. The average molecular weight is 207 g/mol. The molecule has 1 fully saturated rings. The van der Waals surface area contributed by atoms with Crippen molar-refractivity contribution in [2.75, 3.05) is 5.73 Å². The summed E-state index contributed by atoms with van der Waals surface area (Å²) in [6, 6.07) is 2.07. The van der Waals surface area contributed by atoms with Gasteiger partial charge in [-0.15, -0.1) is 0 Å². The first-order valence-corrected chi connectivity index (χ1v) is 6.14. The zero-order chi connectivity index (χ0) is 10.7. The molecule has 1 saturated carbocycles. The Hall–Kier alpha value is -0.990. The average Bonchev–Trinajstić information content (AvgIpc) is 2.47. The number of nitrogen functional groups attached to an aromatic ring is 1. The van der Waals surface area contributed by atoms with Gasteiger partial charge < -0.3 is 5.73 Å². The third-order valence-corrected chi connectivity index (χ3v) is 3.40. The Balaban J connectivity index is 2.18. The smallest absolute Gasteiger partial charge is 0.145 e. The Morgan fingerprint density at radius 1 is 1.33 bits per heavy atom. The van der Waals surface area contributed by atoms with Crippen LogP contribution in [0.25, 0.3) is 0 Å². The molecule has 84 valence electrons. The van der Waals surface area contributed by atoms with Crippen molar-refractivity contribution in [2.24, 2.45) is 0 Å². The molecule has 0 atom stereocenters. The summed E-state index contributed by atoms with van der Waals surface area (Å²) >= 11 is 0. The van der Waals surface area contributed by atoms with E-state index in [0.29, 0.717) is 11.7 Å². The first kappa shape index (κ1) is 10.5. The molecule has 3 nitrogen and oxygen atoms in total. The molecule has 1 aliphatic carbocycles. The van der Waals surface area contributed by atoms with Gasteiger partial charge in [0.1, 0.15) is 5.82 Å². The molecule has 2 N–H and O–H groups in total. The minimum absolute atomic E-state index is 0.677. The normalized spacial score (nSPS) is 19.0. The van der Waals surface area contributed by atoms with Crippen LogP contribution in [0.5, 0.6) is 0 Å². The van der Waals surface area contributed by atoms with E-state index < -0.39 is 0 Å². The topological polar surface area (TPSA) is 43.8 Å². The minimum atomic E-state index is 0.677. The van der Waals surface area contributed by atoms with Crippen molar-refractivity contribution in [3.63, 3.8) is 0 Å². The summed E-state index contributed by atoms with van der Waals surface area (Å²) < 4.78 is 2.07. The number of nitrogens with zero attached hydrogens (tertiary/aromatic N) is 2. The Morgan fingerprint density at radius 2 is 2.00 bits per heavy atom. The molecule has 0 aliphatic heterocycles. The van der Waals surface area contributed by atoms with E-state index >= 15 is 0 Å². The fourth-order valence-electron chi connectivity index (χ4n) is 2.61. The maximum atomic E-state index is 5.77. The van der Waals surface area contributed by atoms with Crippen LogP contribution in [0.2, 0.25) is 0 Å². The predicted octanol–water partition coefficient (Wildman–Crippen LogP) is 2.92. The van der Waals surface area contributed by atoms with Crippen molar-refractivity contribution < 1.29 is 0 Å². The van der Waals surface area contributed by atoms with Gasteiger partial charge in [0.2, 0.25) is 0 Å². The fourth-order valence-corrected chi connectivity index (χ4v) is 2.61. The summed E-state index contributed by atoms with van der Waals surface area (Å²) in [4.78, 5) is 0. The maximum absolute atomic E-state index is 5.77. The van der Waals surface area contributed by atoms with Crippen LogP contribution in [0.4, 0.5) is 5.82 Å². The lowest BCUT2D eigenvalue weighted by Gasteiger charge is -2.14. The molecule has 0 saturated heterocycles. The third-order valence-electron chi connectivity index (χ3n) is 3.40. The first-order chi connectivity index (χ1) is 7.31. The molecule has 15 heavy (non-hydrogen) atoms. The molecule has 0 aromatic carbocycles. The van der Waals surface area contributed by atoms with Crippen molar-refractivity contribution in [1.29, 1.82) is 0 Å². The number of aryl methyl sites for hydroxylation is 1. The van der Waals surface area contributed by atoms with E-state index in [-0.39, 0.29) is 0 Å². The highest BCUT2D eigenvalue weighted by atomic mass is 15.3. The van der Waals surface area contributed by atoms with Crippen LogP contribution in [0.1, 0.15) is 57.1 Å². The van der Waals surface area contributed by atoms with Crippen LogP contribution in [-0.4, -0.2) is 9.78 Å². The maximum Gasteiger partial charge on any atom is 0.145 e. The van der Waals surface area contributed by atoms with E-state index in [9.17, 15) is 0 Å². The van der Waals surface area contributed by atoms with Gasteiger partial charge in [-0.25, -0.2) is 0 Å². The zero-order valence-electron chi connectivity index (χ0n) is 9.58. The van der Waals surface area contributed by atoms with Crippen molar-refractivity contribution >= 4 is 5.82 Å². The van der Waals surface area contributed by atoms with E-state index in [4.69, 9.17) is 5.73 Å². The van der Waals surface area contributed by atoms with Gasteiger partial charge in [0.05, 0.1) is 0 Å². The lowest BCUT2D eigenvalue weighted by Crippen LogP contribution is -2.07. The summed E-state index contributed by atoms with van der Waals surface area (Å²) in [6.45, 7) is 3.07. The predicted molar refractivity (Wildman–Crippen MR) is 62.8 cm³/mol. The molecule has 3 heteroatoms. The van der Waals surface area contributed by atoms with Gasteiger partial charge in [-0.2, -0.15) is 5.10 Å². The third kappa shape index (κ3) is 2.33. The molecule has 1 aromatic rings. The molecule has 0 spiro atoms. The fraction of sp³-hybridized carbons (Fsp3) is 0.750. The second-order valence-electron chi connectivity index (χ2n) is 4.50. The van der Waals surface area contributed by atoms with Gasteiger partial charge in [0.25, 0.3) is 0 Å². The summed E-state index contributed by atoms with van der Waals surface area (Å²) in [5, 5.41) is 4.33. The highest BCUT2D eigenvalue weighted by Gasteiger charge is 2.18. The van der Waals surface area contributed by atoms with Crippen molar-refractivity contribution in [3.05, 3.63) is 11.8 Å². The highest BCUT2D eigenvalue weighted by molar-refractivity contribution is 5.31. The lowest BCUT2D eigenvalue weighted by atomic mass is 9.96. The van der Waals surface area contributed by atoms with Gasteiger partial charge in [-0.3, -0.25) is 4.68 Å². The second-order valence-corrected chi connectivity index (χ2v) is 4.50. The second kappa shape index (κ2) is 4.69. The van der Waals surface area contributed by atoms with Crippen LogP contribution in [-0.2, 0) is 6.54 Å². The Kier molecular flexibility index (Phi) is 3.29. The summed E-state index contributed by atoms with van der Waals surface area (Å²) in [7, 11) is 0. The van der Waals surface area contributed by atoms with Crippen LogP contribution >= 0.6 is 0 Å². The Morgan fingerprint density at radius 3 is 2.60 bits per heavy atom. The number of nitrogens with two attached hydrogens (primary N) is 1. The first-order valence-electron chi connectivity index (χ1n) is 6.14. The van der Waals surface area contributed by atoms with Gasteiger partial charge in [0, 0.05) is 24.2 Å². The van der Waals surface area contributed by atoms with Crippen LogP contribution < -0.4 is 5.73 Å². The number of aromatic nitrogens is 2. The minimum Gasteiger partial charge on any atom is -0.382 e. The Bertz CT molecular complexity index is 309. The zero-order valence-corrected chi connectivity index (χ0v) is 9.58. The van der Waals surface area contributed by atoms with Crippen LogP contribution in [0, 0.1) is 0 Å². The molecular formula is C12H21N3. The molecule has 2 rings (SSSR count).